The summed E-state index contributed by atoms with van der Waals surface area (Å²) < 4.78 is 4.94. The molecule has 0 radical (unpaired) electrons. The van der Waals surface area contributed by atoms with E-state index in [0.717, 1.165) is 103 Å². The number of hydrogen-bond donors (Lipinski definition) is 0. The minimum atomic E-state index is -1.17. The molecule has 0 aliphatic heterocycles. The van der Waals surface area contributed by atoms with E-state index in [9.17, 15) is 0 Å². The molecular weight excluding hydrogens is 1900 g/mol. The van der Waals surface area contributed by atoms with Gasteiger partial charge in [-0.15, -0.1) is 0 Å². The van der Waals surface area contributed by atoms with Crippen molar-refractivity contribution in [3.8, 4) is 0 Å². The minimum Gasteiger partial charge on any atom is -0.0740 e. The first-order valence-electron chi connectivity index (χ1n) is 13.4. The second kappa shape index (κ2) is 16.6. The summed E-state index contributed by atoms with van der Waals surface area (Å²) in [7, 11) is 0. The minimum absolute atomic E-state index is 0.781. The van der Waals surface area contributed by atoms with E-state index in [4.69, 9.17) is 0 Å². The molecule has 0 aliphatic rings. The van der Waals surface area contributed by atoms with E-state index in [0.29, 0.717) is 0 Å². The van der Waals surface area contributed by atoms with E-state index in [1.54, 1.807) is 0 Å². The van der Waals surface area contributed by atoms with Crippen LogP contribution in [0.15, 0.2) is 91.7 Å². The average molecular weight is 1910 g/mol. The van der Waals surface area contributed by atoms with Crippen molar-refractivity contribution >= 4 is 346 Å². The fourth-order valence-corrected chi connectivity index (χ4v) is 21.7. The van der Waals surface area contributed by atoms with Crippen molar-refractivity contribution in [2.45, 2.75) is 12.9 Å². The Bertz CT molecular complexity index is 2500. The van der Waals surface area contributed by atoms with Crippen LogP contribution in [0.3, 0.4) is 0 Å². The maximum atomic E-state index is 4.37. The molecule has 0 spiro atoms. The first-order valence-corrected chi connectivity index (χ1v) is 28.5. The predicted octanol–water partition coefficient (Wildman–Crippen LogP) is 22.2. The largest absolute Gasteiger partial charge is 0.156 e. The van der Waals surface area contributed by atoms with Crippen LogP contribution < -0.4 is 0 Å². The van der Waals surface area contributed by atoms with Crippen LogP contribution in [-0.2, 0) is 7.56 Å². The van der Waals surface area contributed by atoms with Crippen molar-refractivity contribution in [3.63, 3.8) is 0 Å². The van der Waals surface area contributed by atoms with Crippen molar-refractivity contribution in [1.29, 1.82) is 0 Å². The van der Waals surface area contributed by atoms with E-state index in [1.807, 2.05) is 0 Å². The van der Waals surface area contributed by atoms with Crippen LogP contribution in [0.4, 0.5) is 0 Å². The third-order valence-electron chi connectivity index (χ3n) is 8.24. The molecule has 0 fully saturated rings. The van der Waals surface area contributed by atoms with Gasteiger partial charge < -0.3 is 0 Å². The molecule has 1 atom stereocenters. The molecule has 0 bridgehead atoms. The Morgan fingerprint density at radius 3 is 1.29 bits per heavy atom. The van der Waals surface area contributed by atoms with Gasteiger partial charge in [0.25, 0.3) is 0 Å². The monoisotopic (exact) mass is 1890 g/mol. The Kier molecular flexibility index (Phi) is 15.0. The quantitative estimate of drug-likeness (QED) is 0.0714. The number of hydrogen-bond acceptors (Lipinski definition) is 0. The molecule has 0 aromatic heterocycles. The van der Waals surface area contributed by atoms with Gasteiger partial charge in [0.05, 0.1) is 0 Å². The van der Waals surface area contributed by atoms with Crippen LogP contribution in [0.25, 0.3) is 43.1 Å². The van der Waals surface area contributed by atoms with E-state index in [2.05, 4.69) is 345 Å². The first kappa shape index (κ1) is 46.0. The van der Waals surface area contributed by atoms with Crippen LogP contribution in [0.5, 0.6) is 0 Å². The van der Waals surface area contributed by atoms with Gasteiger partial charge in [-0.1, -0.05) is 152 Å². The van der Waals surface area contributed by atoms with Gasteiger partial charge in [-0.05, 0) is 221 Å². The third-order valence-corrected chi connectivity index (χ3v) is 32.5. The summed E-state index contributed by atoms with van der Waals surface area (Å²) >= 11 is 76.6. The molecular formula is C32H7Br19. The Hall–Kier alpha value is 5.48. The highest BCUT2D eigenvalue weighted by atomic mass is 80.0. The van der Waals surface area contributed by atoms with Crippen molar-refractivity contribution in [1.82, 2.24) is 0 Å². The highest BCUT2D eigenvalue weighted by Crippen LogP contribution is 2.75. The molecule has 0 aliphatic carbocycles. The van der Waals surface area contributed by atoms with Crippen LogP contribution in [-0.4, -0.2) is 5.38 Å². The molecule has 0 N–H and O–H groups in total. The molecule has 268 valence electrons. The van der Waals surface area contributed by atoms with Gasteiger partial charge in [-0.3, -0.25) is 0 Å². The lowest BCUT2D eigenvalue weighted by atomic mass is 9.87. The standard InChI is InChI=1S/C32H7Br19/c33-12-7-10-5-8-3-1-2-4-9(8)6-11(10)17(19(12)34)30(45,46)31(47,48)29(44,32(49,50)51)18-13-14(22(37)26(41)25(18)40)21(36)16-15(20(13)35)23(38)27(42)28(43)24(16)39/h1-7H. The SMILES string of the molecule is Brc1cc2cc3ccccc3cc2c(C(Br)(Br)C(Br)(Br)C(Br)(c2c(Br)c(Br)c(Br)c3c(Br)c4c(Br)c(Br)c(Br)c(Br)c4c(Br)c23)C(Br)(Br)Br)c1Br. The van der Waals surface area contributed by atoms with Crippen LogP contribution in [0.1, 0.15) is 11.1 Å². The second-order valence-corrected chi connectivity index (χ2v) is 34.6. The van der Waals surface area contributed by atoms with E-state index >= 15 is 0 Å². The highest BCUT2D eigenvalue weighted by Gasteiger charge is 2.68. The lowest BCUT2D eigenvalue weighted by Crippen LogP contribution is -2.54. The lowest BCUT2D eigenvalue weighted by Gasteiger charge is -2.52. The highest BCUT2D eigenvalue weighted by molar-refractivity contribution is 9.40. The molecule has 0 saturated carbocycles. The topological polar surface area (TPSA) is 0 Å². The second-order valence-electron chi connectivity index (χ2n) is 11.0. The Balaban J connectivity index is 1.82. The smallest absolute Gasteiger partial charge is 0.0740 e. The number of benzene rings is 6. The third kappa shape index (κ3) is 7.30. The van der Waals surface area contributed by atoms with Crippen LogP contribution in [0.2, 0.25) is 0 Å². The van der Waals surface area contributed by atoms with Crippen molar-refractivity contribution in [2.24, 2.45) is 0 Å². The van der Waals surface area contributed by atoms with Gasteiger partial charge in [0.1, 0.15) is 10.8 Å². The average Bonchev–Trinajstić information content (AvgIpc) is 3.05. The molecule has 19 heteroatoms. The summed E-state index contributed by atoms with van der Waals surface area (Å²) in [5.41, 5.74) is 1.77. The van der Waals surface area contributed by atoms with Gasteiger partial charge in [0.2, 0.25) is 0 Å². The molecule has 0 nitrogen and oxygen atoms in total. The van der Waals surface area contributed by atoms with Crippen LogP contribution in [0, 0.1) is 0 Å². The summed E-state index contributed by atoms with van der Waals surface area (Å²) in [5.74, 6) is 0. The number of fused-ring (bicyclic) bond motifs is 4. The molecule has 6 aromatic carbocycles. The molecule has 0 saturated heterocycles. The zero-order valence-corrected chi connectivity index (χ0v) is 53.9. The molecule has 0 amide bonds. The van der Waals surface area contributed by atoms with E-state index in [1.165, 1.54) is 0 Å². The fourth-order valence-electron chi connectivity index (χ4n) is 5.89. The van der Waals surface area contributed by atoms with Gasteiger partial charge in [-0.2, -0.15) is 0 Å². The first-order chi connectivity index (χ1) is 23.4. The molecule has 6 rings (SSSR count). The van der Waals surface area contributed by atoms with Crippen molar-refractivity contribution in [3.05, 3.63) is 103 Å². The molecule has 51 heavy (non-hydrogen) atoms. The predicted molar refractivity (Wildman–Crippen MR) is 288 cm³/mol. The summed E-state index contributed by atoms with van der Waals surface area (Å²) in [6.45, 7) is 0. The maximum absolute atomic E-state index is 4.37. The van der Waals surface area contributed by atoms with Gasteiger partial charge >= 0.3 is 0 Å². The summed E-state index contributed by atoms with van der Waals surface area (Å²) in [4.78, 5) is 0. The summed E-state index contributed by atoms with van der Waals surface area (Å²) in [6, 6.07) is 14.9. The molecule has 1 unspecified atom stereocenters. The number of alkyl halides is 8. The van der Waals surface area contributed by atoms with Crippen molar-refractivity contribution < 1.29 is 0 Å². The van der Waals surface area contributed by atoms with Gasteiger partial charge in [0, 0.05) is 76.3 Å². The molecule has 6 aromatic rings. The fraction of sp³-hybridized carbons (Fsp3) is 0.125. The lowest BCUT2D eigenvalue weighted by molar-refractivity contribution is 0.598. The summed E-state index contributed by atoms with van der Waals surface area (Å²) in [6.07, 6.45) is 0. The Labute approximate surface area is 452 Å². The van der Waals surface area contributed by atoms with Crippen molar-refractivity contribution in [2.75, 3.05) is 0 Å². The van der Waals surface area contributed by atoms with Gasteiger partial charge in [0.15, 0.2) is 2.14 Å². The van der Waals surface area contributed by atoms with E-state index in [-0.39, 0.29) is 0 Å². The maximum Gasteiger partial charge on any atom is 0.156 e. The molecule has 0 heterocycles. The van der Waals surface area contributed by atoms with Gasteiger partial charge in [-0.25, -0.2) is 0 Å². The number of rotatable bonds is 4. The normalized spacial score (nSPS) is 14.3. The summed E-state index contributed by atoms with van der Waals surface area (Å²) in [5, 5.41) is 8.04. The number of halogens is 19. The zero-order valence-electron chi connectivity index (χ0n) is 23.7. The zero-order chi connectivity index (χ0) is 38.1. The Morgan fingerprint density at radius 1 is 0.373 bits per heavy atom. The van der Waals surface area contributed by atoms with E-state index < -0.39 is 12.9 Å². The Morgan fingerprint density at radius 2 is 0.804 bits per heavy atom. The van der Waals surface area contributed by atoms with Crippen LogP contribution >= 0.6 is 303 Å².